The van der Waals surface area contributed by atoms with Crippen LogP contribution >= 0.6 is 0 Å². The minimum absolute atomic E-state index is 0.351. The summed E-state index contributed by atoms with van der Waals surface area (Å²) in [5.41, 5.74) is 0. The van der Waals surface area contributed by atoms with Crippen LogP contribution in [0.4, 0.5) is 0 Å². The first kappa shape index (κ1) is 8.52. The molecule has 2 fully saturated rings. The van der Waals surface area contributed by atoms with Crippen molar-refractivity contribution in [2.24, 2.45) is 0 Å². The largest absolute Gasteiger partial charge is 0.365 e. The van der Waals surface area contributed by atoms with Gasteiger partial charge in [-0.2, -0.15) is 0 Å². The van der Waals surface area contributed by atoms with Gasteiger partial charge in [0.25, 0.3) is 0 Å². The zero-order valence-corrected chi connectivity index (χ0v) is 7.59. The smallest absolute Gasteiger partial charge is 0.165 e. The van der Waals surface area contributed by atoms with Gasteiger partial charge in [-0.15, -0.1) is 0 Å². The molecule has 0 amide bonds. The topological polar surface area (TPSA) is 29.5 Å². The summed E-state index contributed by atoms with van der Waals surface area (Å²) in [6, 6.07) is 0. The summed E-state index contributed by atoms with van der Waals surface area (Å²) in [7, 11) is 0. The van der Waals surface area contributed by atoms with Crippen molar-refractivity contribution >= 4 is 0 Å². The van der Waals surface area contributed by atoms with Gasteiger partial charge in [-0.1, -0.05) is 12.8 Å². The van der Waals surface area contributed by atoms with Crippen LogP contribution < -0.4 is 0 Å². The maximum Gasteiger partial charge on any atom is 0.165 e. The lowest BCUT2D eigenvalue weighted by atomic mass is 9.91. The molecule has 0 aliphatic carbocycles. The molecule has 2 nitrogen and oxygen atoms in total. The predicted molar refractivity (Wildman–Crippen MR) is 46.8 cm³/mol. The quantitative estimate of drug-likeness (QED) is 0.604. The Bertz CT molecular complexity index is 158. The highest BCUT2D eigenvalue weighted by molar-refractivity contribution is 4.78. The van der Waals surface area contributed by atoms with Gasteiger partial charge in [0, 0.05) is 12.8 Å². The number of fused-ring (bicyclic) bond motifs is 2. The Morgan fingerprint density at radius 2 is 1.75 bits per heavy atom. The average molecular weight is 170 g/mol. The van der Waals surface area contributed by atoms with Crippen molar-refractivity contribution in [1.82, 2.24) is 0 Å². The number of rotatable bonds is 0. The fourth-order valence-corrected chi connectivity index (χ4v) is 2.37. The molecule has 2 bridgehead atoms. The molecule has 2 aliphatic heterocycles. The van der Waals surface area contributed by atoms with Gasteiger partial charge < -0.3 is 9.84 Å². The Kier molecular flexibility index (Phi) is 2.37. The van der Waals surface area contributed by atoms with Crippen molar-refractivity contribution in [2.45, 2.75) is 63.3 Å². The minimum atomic E-state index is -0.747. The van der Waals surface area contributed by atoms with E-state index in [1.54, 1.807) is 0 Å². The van der Waals surface area contributed by atoms with Gasteiger partial charge in [0.2, 0.25) is 0 Å². The van der Waals surface area contributed by atoms with Crippen molar-refractivity contribution in [3.63, 3.8) is 0 Å². The molecular formula is C10H18O2. The lowest BCUT2D eigenvalue weighted by Gasteiger charge is -2.39. The monoisotopic (exact) mass is 170 g/mol. The van der Waals surface area contributed by atoms with Crippen molar-refractivity contribution in [2.75, 3.05) is 0 Å². The summed E-state index contributed by atoms with van der Waals surface area (Å²) < 4.78 is 5.67. The van der Waals surface area contributed by atoms with E-state index in [0.29, 0.717) is 6.10 Å². The first-order valence-corrected chi connectivity index (χ1v) is 5.19. The molecule has 0 radical (unpaired) electrons. The lowest BCUT2D eigenvalue weighted by molar-refractivity contribution is -0.261. The minimum Gasteiger partial charge on any atom is -0.365 e. The van der Waals surface area contributed by atoms with E-state index >= 15 is 0 Å². The van der Waals surface area contributed by atoms with Crippen LogP contribution in [0.1, 0.15) is 51.4 Å². The van der Waals surface area contributed by atoms with Crippen LogP contribution in [0, 0.1) is 0 Å². The third-order valence-electron chi connectivity index (χ3n) is 3.07. The third kappa shape index (κ3) is 1.80. The number of hydrogen-bond acceptors (Lipinski definition) is 2. The van der Waals surface area contributed by atoms with Crippen molar-refractivity contribution in [3.8, 4) is 0 Å². The first-order valence-electron chi connectivity index (χ1n) is 5.19. The normalized spacial score (nSPS) is 43.2. The zero-order valence-electron chi connectivity index (χ0n) is 7.59. The van der Waals surface area contributed by atoms with E-state index in [-0.39, 0.29) is 0 Å². The van der Waals surface area contributed by atoms with Gasteiger partial charge in [-0.05, 0) is 25.7 Å². The van der Waals surface area contributed by atoms with Crippen molar-refractivity contribution < 1.29 is 9.84 Å². The SMILES string of the molecule is O[C@]12CCCCC[C@@H](CCC1)O2. The van der Waals surface area contributed by atoms with Gasteiger partial charge in [0.15, 0.2) is 5.79 Å². The van der Waals surface area contributed by atoms with E-state index in [4.69, 9.17) is 4.74 Å². The van der Waals surface area contributed by atoms with Crippen LogP contribution in [0.3, 0.4) is 0 Å². The van der Waals surface area contributed by atoms with E-state index < -0.39 is 5.79 Å². The molecule has 0 saturated carbocycles. The van der Waals surface area contributed by atoms with E-state index in [1.807, 2.05) is 0 Å². The Hall–Kier alpha value is -0.0800. The lowest BCUT2D eigenvalue weighted by Crippen LogP contribution is -2.41. The van der Waals surface area contributed by atoms with E-state index in [2.05, 4.69) is 0 Å². The molecule has 70 valence electrons. The molecule has 2 heterocycles. The van der Waals surface area contributed by atoms with Crippen LogP contribution in [0.2, 0.25) is 0 Å². The summed E-state index contributed by atoms with van der Waals surface area (Å²) in [5, 5.41) is 9.98. The Balaban J connectivity index is 2.01. The van der Waals surface area contributed by atoms with Crippen molar-refractivity contribution in [1.29, 1.82) is 0 Å². The molecular weight excluding hydrogens is 152 g/mol. The maximum absolute atomic E-state index is 9.98. The Labute approximate surface area is 73.9 Å². The molecule has 2 aliphatic rings. The molecule has 1 N–H and O–H groups in total. The van der Waals surface area contributed by atoms with E-state index in [0.717, 1.165) is 38.5 Å². The molecule has 12 heavy (non-hydrogen) atoms. The van der Waals surface area contributed by atoms with Gasteiger partial charge in [0.1, 0.15) is 0 Å². The van der Waals surface area contributed by atoms with Crippen LogP contribution in [0.15, 0.2) is 0 Å². The van der Waals surface area contributed by atoms with Crippen LogP contribution in [0.5, 0.6) is 0 Å². The first-order chi connectivity index (χ1) is 5.79. The predicted octanol–water partition coefficient (Wildman–Crippen LogP) is 2.21. The molecule has 0 aromatic heterocycles. The van der Waals surface area contributed by atoms with Gasteiger partial charge in [-0.3, -0.25) is 0 Å². The second kappa shape index (κ2) is 3.35. The summed E-state index contributed by atoms with van der Waals surface area (Å²) in [4.78, 5) is 0. The van der Waals surface area contributed by atoms with Crippen LogP contribution in [-0.2, 0) is 4.74 Å². The molecule has 0 aromatic carbocycles. The van der Waals surface area contributed by atoms with E-state index in [9.17, 15) is 5.11 Å². The average Bonchev–Trinajstić information content (AvgIpc) is 2.02. The highest BCUT2D eigenvalue weighted by atomic mass is 16.6. The highest BCUT2D eigenvalue weighted by Gasteiger charge is 2.35. The third-order valence-corrected chi connectivity index (χ3v) is 3.07. The number of hydrogen-bond donors (Lipinski definition) is 1. The Morgan fingerprint density at radius 1 is 1.00 bits per heavy atom. The fourth-order valence-electron chi connectivity index (χ4n) is 2.37. The standard InChI is InChI=1S/C10H18O2/c11-10-7-3-1-2-5-9(12-10)6-4-8-10/h9,11H,1-8H2/t9-,10-/m0/s1. The van der Waals surface area contributed by atoms with Crippen molar-refractivity contribution in [3.05, 3.63) is 0 Å². The van der Waals surface area contributed by atoms with E-state index in [1.165, 1.54) is 12.8 Å². The van der Waals surface area contributed by atoms with Gasteiger partial charge in [-0.25, -0.2) is 0 Å². The summed E-state index contributed by atoms with van der Waals surface area (Å²) in [6.45, 7) is 0. The van der Waals surface area contributed by atoms with Crippen LogP contribution in [-0.4, -0.2) is 17.0 Å². The summed E-state index contributed by atoms with van der Waals surface area (Å²) >= 11 is 0. The molecule has 2 saturated heterocycles. The highest BCUT2D eigenvalue weighted by Crippen LogP contribution is 2.34. The molecule has 0 unspecified atom stereocenters. The summed E-state index contributed by atoms with van der Waals surface area (Å²) in [6.07, 6.45) is 9.18. The van der Waals surface area contributed by atoms with Crippen LogP contribution in [0.25, 0.3) is 0 Å². The molecule has 2 atom stereocenters. The molecule has 2 rings (SSSR count). The molecule has 0 aromatic rings. The van der Waals surface area contributed by atoms with Gasteiger partial charge >= 0.3 is 0 Å². The van der Waals surface area contributed by atoms with Gasteiger partial charge in [0.05, 0.1) is 6.10 Å². The molecule has 0 spiro atoms. The maximum atomic E-state index is 9.98. The Morgan fingerprint density at radius 3 is 2.67 bits per heavy atom. The zero-order chi connectivity index (χ0) is 8.44. The number of aliphatic hydroxyl groups is 1. The summed E-state index contributed by atoms with van der Waals surface area (Å²) in [5.74, 6) is -0.747. The second-order valence-corrected chi connectivity index (χ2v) is 4.18. The molecule has 2 heteroatoms. The fraction of sp³-hybridized carbons (Fsp3) is 1.00. The number of ether oxygens (including phenoxy) is 1. The second-order valence-electron chi connectivity index (χ2n) is 4.18.